The van der Waals surface area contributed by atoms with E-state index in [-0.39, 0.29) is 29.4 Å². The van der Waals surface area contributed by atoms with Gasteiger partial charge in [0, 0.05) is 51.4 Å². The van der Waals surface area contributed by atoms with E-state index in [1.54, 1.807) is 0 Å². The molecule has 29 heavy (non-hydrogen) atoms. The molecule has 0 aromatic heterocycles. The predicted molar refractivity (Wildman–Crippen MR) is 132 cm³/mol. The van der Waals surface area contributed by atoms with Crippen molar-refractivity contribution in [1.82, 2.24) is 15.5 Å². The lowest BCUT2D eigenvalue weighted by atomic mass is 9.74. The molecule has 1 unspecified atom stereocenters. The van der Waals surface area contributed by atoms with Crippen LogP contribution in [0.4, 0.5) is 0 Å². The van der Waals surface area contributed by atoms with Crippen molar-refractivity contribution in [1.29, 1.82) is 0 Å². The van der Waals surface area contributed by atoms with Gasteiger partial charge in [0.1, 0.15) is 0 Å². The van der Waals surface area contributed by atoms with E-state index in [9.17, 15) is 0 Å². The third-order valence-electron chi connectivity index (χ3n) is 6.57. The Hall–Kier alpha value is -0.860. The smallest absolute Gasteiger partial charge is 0.191 e. The number of ether oxygens (including phenoxy) is 1. The van der Waals surface area contributed by atoms with Gasteiger partial charge in [-0.2, -0.15) is 0 Å². The Labute approximate surface area is 194 Å². The molecule has 0 radical (unpaired) electrons. The lowest BCUT2D eigenvalue weighted by Gasteiger charge is -2.38. The summed E-state index contributed by atoms with van der Waals surface area (Å²) >= 11 is 0. The molecule has 0 amide bonds. The van der Waals surface area contributed by atoms with Crippen LogP contribution in [0.3, 0.4) is 0 Å². The van der Waals surface area contributed by atoms with Crippen LogP contribution in [0.25, 0.3) is 0 Å². The average Bonchev–Trinajstić information content (AvgIpc) is 2.77. The molecule has 1 aromatic carbocycles. The standard InChI is InChI=1S/C23H38N4O.HI/c1-3-21-11-7-8-15-27(21)16-14-25-22(24-2)26-19-23(12-17-28-18-13-23)20-9-5-4-6-10-20;/h4-6,9-10,21H,3,7-8,11-19H2,1-2H3,(H2,24,25,26);1H. The molecule has 0 bridgehead atoms. The van der Waals surface area contributed by atoms with E-state index in [0.29, 0.717) is 0 Å². The zero-order valence-electron chi connectivity index (χ0n) is 18.2. The Balaban J connectivity index is 0.00000300. The molecule has 0 spiro atoms. The summed E-state index contributed by atoms with van der Waals surface area (Å²) in [5.74, 6) is 0.909. The summed E-state index contributed by atoms with van der Waals surface area (Å²) in [4.78, 5) is 7.11. The second-order valence-corrected chi connectivity index (χ2v) is 8.21. The van der Waals surface area contributed by atoms with Crippen LogP contribution in [0.5, 0.6) is 0 Å². The molecule has 2 saturated heterocycles. The second kappa shape index (κ2) is 12.7. The molecular formula is C23H39IN4O. The summed E-state index contributed by atoms with van der Waals surface area (Å²) in [6.45, 7) is 8.14. The largest absolute Gasteiger partial charge is 0.381 e. The van der Waals surface area contributed by atoms with Gasteiger partial charge in [-0.3, -0.25) is 9.89 Å². The zero-order chi connectivity index (χ0) is 19.7. The van der Waals surface area contributed by atoms with Gasteiger partial charge in [-0.1, -0.05) is 43.7 Å². The fourth-order valence-electron chi connectivity index (χ4n) is 4.73. The van der Waals surface area contributed by atoms with Crippen molar-refractivity contribution in [3.8, 4) is 0 Å². The number of nitrogens with one attached hydrogen (secondary N) is 2. The Morgan fingerprint density at radius 2 is 1.93 bits per heavy atom. The number of piperidine rings is 1. The summed E-state index contributed by atoms with van der Waals surface area (Å²) in [5.41, 5.74) is 1.53. The van der Waals surface area contributed by atoms with Crippen molar-refractivity contribution in [2.45, 2.75) is 56.9 Å². The molecule has 2 fully saturated rings. The summed E-state index contributed by atoms with van der Waals surface area (Å²) < 4.78 is 5.65. The average molecular weight is 514 g/mol. The molecule has 2 aliphatic rings. The number of nitrogens with zero attached hydrogens (tertiary/aromatic N) is 2. The maximum absolute atomic E-state index is 5.65. The van der Waals surface area contributed by atoms with Crippen LogP contribution >= 0.6 is 24.0 Å². The van der Waals surface area contributed by atoms with E-state index in [2.05, 4.69) is 57.8 Å². The van der Waals surface area contributed by atoms with Gasteiger partial charge >= 0.3 is 0 Å². The number of hydrogen-bond donors (Lipinski definition) is 2. The van der Waals surface area contributed by atoms with E-state index in [1.165, 1.54) is 37.8 Å². The van der Waals surface area contributed by atoms with Gasteiger partial charge < -0.3 is 15.4 Å². The summed E-state index contributed by atoms with van der Waals surface area (Å²) in [7, 11) is 1.87. The van der Waals surface area contributed by atoms with Gasteiger partial charge in [0.25, 0.3) is 0 Å². The first-order valence-corrected chi connectivity index (χ1v) is 11.1. The van der Waals surface area contributed by atoms with Crippen LogP contribution in [0.2, 0.25) is 0 Å². The topological polar surface area (TPSA) is 48.9 Å². The lowest BCUT2D eigenvalue weighted by Crippen LogP contribution is -2.50. The number of likely N-dealkylation sites (tertiary alicyclic amines) is 1. The third kappa shape index (κ3) is 6.82. The van der Waals surface area contributed by atoms with Crippen LogP contribution in [0, 0.1) is 0 Å². The number of guanidine groups is 1. The van der Waals surface area contributed by atoms with E-state index < -0.39 is 0 Å². The maximum Gasteiger partial charge on any atom is 0.191 e. The molecule has 1 aromatic rings. The highest BCUT2D eigenvalue weighted by Gasteiger charge is 2.34. The van der Waals surface area contributed by atoms with Crippen LogP contribution in [0.1, 0.15) is 51.0 Å². The van der Waals surface area contributed by atoms with Crippen molar-refractivity contribution in [2.75, 3.05) is 46.4 Å². The third-order valence-corrected chi connectivity index (χ3v) is 6.57. The van der Waals surface area contributed by atoms with Crippen LogP contribution in [-0.4, -0.2) is 63.3 Å². The molecule has 1 atom stereocenters. The molecule has 2 aliphatic heterocycles. The number of halogens is 1. The van der Waals surface area contributed by atoms with Crippen LogP contribution < -0.4 is 10.6 Å². The van der Waals surface area contributed by atoms with Gasteiger partial charge in [-0.15, -0.1) is 24.0 Å². The van der Waals surface area contributed by atoms with Crippen LogP contribution in [0.15, 0.2) is 35.3 Å². The van der Waals surface area contributed by atoms with Crippen LogP contribution in [-0.2, 0) is 10.2 Å². The van der Waals surface area contributed by atoms with Gasteiger partial charge in [-0.05, 0) is 44.2 Å². The predicted octanol–water partition coefficient (Wildman–Crippen LogP) is 3.78. The van der Waals surface area contributed by atoms with Crippen molar-refractivity contribution in [3.05, 3.63) is 35.9 Å². The summed E-state index contributed by atoms with van der Waals surface area (Å²) in [5, 5.41) is 7.14. The molecule has 0 saturated carbocycles. The van der Waals surface area contributed by atoms with Gasteiger partial charge in [-0.25, -0.2) is 0 Å². The molecule has 2 heterocycles. The van der Waals surface area contributed by atoms with E-state index in [1.807, 2.05) is 7.05 Å². The lowest BCUT2D eigenvalue weighted by molar-refractivity contribution is 0.0514. The van der Waals surface area contributed by atoms with Crippen molar-refractivity contribution in [2.24, 2.45) is 4.99 Å². The highest BCUT2D eigenvalue weighted by atomic mass is 127. The van der Waals surface area contributed by atoms with E-state index >= 15 is 0 Å². The quantitative estimate of drug-likeness (QED) is 0.331. The molecule has 5 nitrogen and oxygen atoms in total. The fourth-order valence-corrected chi connectivity index (χ4v) is 4.73. The SMILES string of the molecule is CCC1CCCCN1CCNC(=NC)NCC1(c2ccccc2)CCOCC1.I. The molecule has 164 valence electrons. The number of rotatable bonds is 7. The molecule has 6 heteroatoms. The van der Waals surface area contributed by atoms with Gasteiger partial charge in [0.2, 0.25) is 0 Å². The number of aliphatic imine (C=N–C) groups is 1. The number of benzene rings is 1. The Morgan fingerprint density at radius 1 is 1.17 bits per heavy atom. The minimum absolute atomic E-state index is 0. The molecule has 0 aliphatic carbocycles. The summed E-state index contributed by atoms with van der Waals surface area (Å²) in [6.07, 6.45) is 7.43. The van der Waals surface area contributed by atoms with Gasteiger partial charge in [0.05, 0.1) is 0 Å². The molecule has 3 rings (SSSR count). The normalized spacial score (nSPS) is 22.6. The van der Waals surface area contributed by atoms with E-state index in [4.69, 9.17) is 4.74 Å². The first-order chi connectivity index (χ1) is 13.8. The summed E-state index contributed by atoms with van der Waals surface area (Å²) in [6, 6.07) is 11.6. The molecule has 2 N–H and O–H groups in total. The van der Waals surface area contributed by atoms with Crippen molar-refractivity contribution < 1.29 is 4.74 Å². The second-order valence-electron chi connectivity index (χ2n) is 8.21. The number of hydrogen-bond acceptors (Lipinski definition) is 3. The Bertz CT molecular complexity index is 604. The highest BCUT2D eigenvalue weighted by Crippen LogP contribution is 2.34. The first-order valence-electron chi connectivity index (χ1n) is 11.1. The van der Waals surface area contributed by atoms with Crippen molar-refractivity contribution in [3.63, 3.8) is 0 Å². The Morgan fingerprint density at radius 3 is 2.62 bits per heavy atom. The van der Waals surface area contributed by atoms with Crippen molar-refractivity contribution >= 4 is 29.9 Å². The molecular weight excluding hydrogens is 475 g/mol. The zero-order valence-corrected chi connectivity index (χ0v) is 20.5. The Kier molecular flexibility index (Phi) is 10.7. The highest BCUT2D eigenvalue weighted by molar-refractivity contribution is 14.0. The first kappa shape index (κ1) is 24.4. The van der Waals surface area contributed by atoms with Gasteiger partial charge in [0.15, 0.2) is 5.96 Å². The minimum Gasteiger partial charge on any atom is -0.381 e. The maximum atomic E-state index is 5.65. The van der Waals surface area contributed by atoms with E-state index in [0.717, 1.165) is 57.7 Å². The monoisotopic (exact) mass is 514 g/mol. The minimum atomic E-state index is 0. The fraction of sp³-hybridized carbons (Fsp3) is 0.696.